The van der Waals surface area contributed by atoms with Gasteiger partial charge < -0.3 is 10.2 Å². The highest BCUT2D eigenvalue weighted by molar-refractivity contribution is 5.87. The highest BCUT2D eigenvalue weighted by Gasteiger charge is 2.37. The van der Waals surface area contributed by atoms with Crippen molar-refractivity contribution in [1.29, 1.82) is 0 Å². The molecule has 1 N–H and O–H groups in total. The molecule has 0 spiro atoms. The third-order valence-corrected chi connectivity index (χ3v) is 2.62. The van der Waals surface area contributed by atoms with Gasteiger partial charge in [-0.2, -0.15) is 0 Å². The van der Waals surface area contributed by atoms with Crippen LogP contribution in [0.5, 0.6) is 0 Å². The molecule has 0 bridgehead atoms. The van der Waals surface area contributed by atoms with Crippen LogP contribution in [0.25, 0.3) is 0 Å². The second-order valence-electron chi connectivity index (χ2n) is 3.54. The predicted molar refractivity (Wildman–Crippen MR) is 49.0 cm³/mol. The van der Waals surface area contributed by atoms with Crippen LogP contribution in [0.15, 0.2) is 0 Å². The van der Waals surface area contributed by atoms with Crippen molar-refractivity contribution in [2.75, 3.05) is 13.6 Å². The molecule has 4 heteroatoms. The lowest BCUT2D eigenvalue weighted by atomic mass is 10.0. The van der Waals surface area contributed by atoms with Crippen LogP contribution in [-0.2, 0) is 9.59 Å². The van der Waals surface area contributed by atoms with Gasteiger partial charge in [0, 0.05) is 20.5 Å². The van der Waals surface area contributed by atoms with Gasteiger partial charge in [-0.05, 0) is 12.3 Å². The van der Waals surface area contributed by atoms with E-state index in [2.05, 4.69) is 5.32 Å². The second-order valence-corrected chi connectivity index (χ2v) is 3.54. The van der Waals surface area contributed by atoms with Crippen molar-refractivity contribution in [2.24, 2.45) is 5.92 Å². The number of hydrogen-bond donors (Lipinski definition) is 1. The van der Waals surface area contributed by atoms with Crippen LogP contribution in [0.4, 0.5) is 0 Å². The van der Waals surface area contributed by atoms with Crippen LogP contribution in [0.1, 0.15) is 20.3 Å². The summed E-state index contributed by atoms with van der Waals surface area (Å²) in [5.41, 5.74) is 0. The molecular weight excluding hydrogens is 168 g/mol. The van der Waals surface area contributed by atoms with Crippen LogP contribution >= 0.6 is 0 Å². The molecule has 1 fully saturated rings. The first kappa shape index (κ1) is 10.0. The Balaban J connectivity index is 2.76. The molecule has 0 saturated carbocycles. The zero-order valence-electron chi connectivity index (χ0n) is 8.33. The van der Waals surface area contributed by atoms with Gasteiger partial charge >= 0.3 is 0 Å². The molecule has 2 amide bonds. The topological polar surface area (TPSA) is 49.4 Å². The number of carbonyl (C=O) groups is 2. The molecule has 74 valence electrons. The van der Waals surface area contributed by atoms with Gasteiger partial charge in [-0.3, -0.25) is 9.59 Å². The Kier molecular flexibility index (Phi) is 2.90. The Hall–Kier alpha value is -1.06. The summed E-state index contributed by atoms with van der Waals surface area (Å²) in [4.78, 5) is 24.2. The van der Waals surface area contributed by atoms with Crippen molar-refractivity contribution in [2.45, 2.75) is 26.3 Å². The summed E-state index contributed by atoms with van der Waals surface area (Å²) in [6.07, 6.45) is 0.914. The van der Waals surface area contributed by atoms with E-state index < -0.39 is 0 Å². The van der Waals surface area contributed by atoms with Crippen molar-refractivity contribution in [3.63, 3.8) is 0 Å². The number of carbonyl (C=O) groups excluding carboxylic acids is 2. The Morgan fingerprint density at radius 1 is 1.46 bits per heavy atom. The molecule has 0 aromatic carbocycles. The first-order valence-electron chi connectivity index (χ1n) is 4.56. The van der Waals surface area contributed by atoms with E-state index in [4.69, 9.17) is 0 Å². The number of nitrogens with one attached hydrogen (secondary N) is 1. The fourth-order valence-electron chi connectivity index (χ4n) is 1.85. The number of hydrogen-bond acceptors (Lipinski definition) is 2. The van der Waals surface area contributed by atoms with E-state index in [-0.39, 0.29) is 23.8 Å². The normalized spacial score (nSPS) is 27.5. The summed E-state index contributed by atoms with van der Waals surface area (Å²) in [7, 11) is 1.60. The summed E-state index contributed by atoms with van der Waals surface area (Å²) in [5.74, 6) is 0.196. The number of amides is 2. The SMILES string of the molecule is CNC(=O)[C@H]1[C@@H](C)CCN1C(C)=O. The number of likely N-dealkylation sites (tertiary alicyclic amines) is 1. The molecule has 2 atom stereocenters. The molecule has 1 saturated heterocycles. The monoisotopic (exact) mass is 184 g/mol. The van der Waals surface area contributed by atoms with Crippen molar-refractivity contribution in [3.05, 3.63) is 0 Å². The Morgan fingerprint density at radius 3 is 2.54 bits per heavy atom. The first-order chi connectivity index (χ1) is 6.07. The van der Waals surface area contributed by atoms with Gasteiger partial charge in [-0.25, -0.2) is 0 Å². The van der Waals surface area contributed by atoms with Gasteiger partial charge in [0.1, 0.15) is 6.04 Å². The van der Waals surface area contributed by atoms with Crippen LogP contribution in [-0.4, -0.2) is 36.3 Å². The molecule has 1 aliphatic heterocycles. The minimum absolute atomic E-state index is 0.0158. The molecular formula is C9H16N2O2. The quantitative estimate of drug-likeness (QED) is 0.623. The van der Waals surface area contributed by atoms with Gasteiger partial charge in [0.15, 0.2) is 0 Å². The summed E-state index contributed by atoms with van der Waals surface area (Å²) in [6, 6.07) is -0.262. The van der Waals surface area contributed by atoms with E-state index in [0.29, 0.717) is 6.54 Å². The van der Waals surface area contributed by atoms with Crippen LogP contribution in [0.3, 0.4) is 0 Å². The van der Waals surface area contributed by atoms with Gasteiger partial charge in [0.05, 0.1) is 0 Å². The molecule has 1 aliphatic rings. The highest BCUT2D eigenvalue weighted by Crippen LogP contribution is 2.23. The molecule has 0 aromatic heterocycles. The molecule has 0 unspecified atom stereocenters. The minimum atomic E-state index is -0.262. The average Bonchev–Trinajstić information content (AvgIpc) is 2.46. The third kappa shape index (κ3) is 1.82. The maximum atomic E-state index is 11.4. The van der Waals surface area contributed by atoms with E-state index >= 15 is 0 Å². The summed E-state index contributed by atoms with van der Waals surface area (Å²) in [6.45, 7) is 4.21. The zero-order chi connectivity index (χ0) is 10.0. The van der Waals surface area contributed by atoms with E-state index in [1.54, 1.807) is 11.9 Å². The first-order valence-corrected chi connectivity index (χ1v) is 4.56. The minimum Gasteiger partial charge on any atom is -0.357 e. The Labute approximate surface area is 78.3 Å². The summed E-state index contributed by atoms with van der Waals surface area (Å²) >= 11 is 0. The van der Waals surface area contributed by atoms with E-state index in [0.717, 1.165) is 6.42 Å². The average molecular weight is 184 g/mol. The Morgan fingerprint density at radius 2 is 2.08 bits per heavy atom. The lowest BCUT2D eigenvalue weighted by Crippen LogP contribution is -2.46. The van der Waals surface area contributed by atoms with Gasteiger partial charge in [0.25, 0.3) is 0 Å². The smallest absolute Gasteiger partial charge is 0.242 e. The van der Waals surface area contributed by atoms with E-state index in [9.17, 15) is 9.59 Å². The highest BCUT2D eigenvalue weighted by atomic mass is 16.2. The standard InChI is InChI=1S/C9H16N2O2/c1-6-4-5-11(7(2)12)8(6)9(13)10-3/h6,8H,4-5H2,1-3H3,(H,10,13)/t6-,8+/m0/s1. The second kappa shape index (κ2) is 3.77. The lowest BCUT2D eigenvalue weighted by Gasteiger charge is -2.23. The van der Waals surface area contributed by atoms with Crippen LogP contribution < -0.4 is 5.32 Å². The molecule has 1 heterocycles. The number of rotatable bonds is 1. The molecule has 0 aliphatic carbocycles. The maximum Gasteiger partial charge on any atom is 0.242 e. The molecule has 1 rings (SSSR count). The molecule has 13 heavy (non-hydrogen) atoms. The van der Waals surface area contributed by atoms with E-state index in [1.165, 1.54) is 6.92 Å². The lowest BCUT2D eigenvalue weighted by molar-refractivity contribution is -0.137. The maximum absolute atomic E-state index is 11.4. The van der Waals surface area contributed by atoms with Crippen molar-refractivity contribution in [1.82, 2.24) is 10.2 Å². The fourth-order valence-corrected chi connectivity index (χ4v) is 1.85. The predicted octanol–water partition coefficient (Wildman–Crippen LogP) is -0.0107. The summed E-state index contributed by atoms with van der Waals surface area (Å²) < 4.78 is 0. The van der Waals surface area contributed by atoms with E-state index in [1.807, 2.05) is 6.92 Å². The zero-order valence-corrected chi connectivity index (χ0v) is 8.33. The van der Waals surface area contributed by atoms with Crippen molar-refractivity contribution >= 4 is 11.8 Å². The Bertz CT molecular complexity index is 228. The summed E-state index contributed by atoms with van der Waals surface area (Å²) in [5, 5.41) is 2.59. The van der Waals surface area contributed by atoms with Gasteiger partial charge in [-0.15, -0.1) is 0 Å². The van der Waals surface area contributed by atoms with Crippen LogP contribution in [0.2, 0.25) is 0 Å². The molecule has 4 nitrogen and oxygen atoms in total. The largest absolute Gasteiger partial charge is 0.357 e. The fraction of sp³-hybridized carbons (Fsp3) is 0.778. The number of nitrogens with zero attached hydrogens (tertiary/aromatic N) is 1. The molecule has 0 radical (unpaired) electrons. The third-order valence-electron chi connectivity index (χ3n) is 2.62. The molecule has 0 aromatic rings. The van der Waals surface area contributed by atoms with Gasteiger partial charge in [-0.1, -0.05) is 6.92 Å². The van der Waals surface area contributed by atoms with Gasteiger partial charge in [0.2, 0.25) is 11.8 Å². The van der Waals surface area contributed by atoms with Crippen LogP contribution in [0, 0.1) is 5.92 Å². The van der Waals surface area contributed by atoms with Crippen molar-refractivity contribution in [3.8, 4) is 0 Å². The van der Waals surface area contributed by atoms with Crippen molar-refractivity contribution < 1.29 is 9.59 Å². The number of likely N-dealkylation sites (N-methyl/N-ethyl adjacent to an activating group) is 1.